The van der Waals surface area contributed by atoms with Crippen LogP contribution < -0.4 is 10.6 Å². The van der Waals surface area contributed by atoms with Gasteiger partial charge in [0.2, 0.25) is 0 Å². The largest absolute Gasteiger partial charge is 0.354 e. The maximum atomic E-state index is 14.3. The molecule has 6 heteroatoms. The van der Waals surface area contributed by atoms with E-state index in [0.717, 1.165) is 17.9 Å². The van der Waals surface area contributed by atoms with Gasteiger partial charge in [-0.2, -0.15) is 0 Å². The third-order valence-electron chi connectivity index (χ3n) is 6.81. The Labute approximate surface area is 144 Å². The lowest BCUT2D eigenvalue weighted by Gasteiger charge is -2.41. The first-order valence-corrected chi connectivity index (χ1v) is 9.06. The molecule has 3 nitrogen and oxygen atoms in total. The Bertz CT molecular complexity index is 705. The van der Waals surface area contributed by atoms with Crippen molar-refractivity contribution in [3.05, 3.63) is 34.9 Å². The second kappa shape index (κ2) is 4.63. The Kier molecular flexibility index (Phi) is 2.88. The Balaban J connectivity index is 1.18. The zero-order chi connectivity index (χ0) is 16.6. The fourth-order valence-electron chi connectivity index (χ4n) is 5.20. The van der Waals surface area contributed by atoms with Crippen LogP contribution in [0.5, 0.6) is 0 Å². The molecule has 0 aromatic heterocycles. The molecule has 1 atom stereocenters. The molecule has 0 saturated heterocycles. The Morgan fingerprint density at radius 3 is 2.42 bits per heavy atom. The van der Waals surface area contributed by atoms with E-state index in [0.29, 0.717) is 37.3 Å². The number of rotatable bonds is 2. The fraction of sp³-hybridized carbons (Fsp3) is 0.611. The van der Waals surface area contributed by atoms with Gasteiger partial charge in [0.15, 0.2) is 5.96 Å². The highest BCUT2D eigenvalue weighted by Crippen LogP contribution is 2.88. The molecule has 1 heterocycles. The molecule has 2 spiro atoms. The maximum absolute atomic E-state index is 14.3. The van der Waals surface area contributed by atoms with E-state index in [1.165, 1.54) is 0 Å². The number of benzene rings is 1. The van der Waals surface area contributed by atoms with Crippen LogP contribution in [0.15, 0.2) is 29.3 Å². The maximum Gasteiger partial charge on any atom is 0.260 e. The van der Waals surface area contributed by atoms with Gasteiger partial charge in [-0.05, 0) is 43.4 Å². The van der Waals surface area contributed by atoms with E-state index in [-0.39, 0.29) is 12.1 Å². The molecular weight excluding hydrogens is 332 g/mol. The van der Waals surface area contributed by atoms with Crippen LogP contribution in [0.25, 0.3) is 0 Å². The average Bonchev–Trinajstić information content (AvgIpc) is 2.77. The van der Waals surface area contributed by atoms with Gasteiger partial charge in [-0.3, -0.25) is 4.99 Å². The van der Waals surface area contributed by atoms with Crippen LogP contribution in [0.4, 0.5) is 8.78 Å². The van der Waals surface area contributed by atoms with E-state index in [9.17, 15) is 8.78 Å². The predicted octanol–water partition coefficient (Wildman–Crippen LogP) is 3.90. The summed E-state index contributed by atoms with van der Waals surface area (Å²) in [4.78, 5) is 4.49. The first-order chi connectivity index (χ1) is 11.5. The highest BCUT2D eigenvalue weighted by molar-refractivity contribution is 6.30. The molecule has 1 unspecified atom stereocenters. The molecular formula is C18H20ClF2N3. The van der Waals surface area contributed by atoms with E-state index in [1.54, 1.807) is 0 Å². The molecule has 3 fully saturated rings. The van der Waals surface area contributed by atoms with Crippen molar-refractivity contribution in [3.8, 4) is 0 Å². The quantitative estimate of drug-likeness (QED) is 0.847. The molecule has 3 saturated carbocycles. The number of fused-ring (bicyclic) bond motifs is 1. The zero-order valence-electron chi connectivity index (χ0n) is 13.3. The summed E-state index contributed by atoms with van der Waals surface area (Å²) in [6, 6.07) is 7.95. The molecule has 1 aromatic rings. The summed E-state index contributed by atoms with van der Waals surface area (Å²) in [5, 5.41) is 7.39. The van der Waals surface area contributed by atoms with Gasteiger partial charge in [-0.25, -0.2) is 8.78 Å². The van der Waals surface area contributed by atoms with Gasteiger partial charge in [0, 0.05) is 21.9 Å². The van der Waals surface area contributed by atoms with E-state index >= 15 is 0 Å². The van der Waals surface area contributed by atoms with Gasteiger partial charge in [-0.15, -0.1) is 0 Å². The van der Waals surface area contributed by atoms with Crippen molar-refractivity contribution >= 4 is 17.6 Å². The predicted molar refractivity (Wildman–Crippen MR) is 89.5 cm³/mol. The van der Waals surface area contributed by atoms with Crippen LogP contribution in [0.2, 0.25) is 5.02 Å². The van der Waals surface area contributed by atoms with E-state index in [2.05, 4.69) is 15.6 Å². The number of aliphatic imine (C=N–C) groups is 1. The van der Waals surface area contributed by atoms with Crippen molar-refractivity contribution in [1.29, 1.82) is 0 Å². The highest BCUT2D eigenvalue weighted by Gasteiger charge is 2.94. The average molecular weight is 352 g/mol. The van der Waals surface area contributed by atoms with Crippen LogP contribution >= 0.6 is 11.6 Å². The third-order valence-corrected chi connectivity index (χ3v) is 7.06. The lowest BCUT2D eigenvalue weighted by Crippen LogP contribution is -2.51. The van der Waals surface area contributed by atoms with Gasteiger partial charge in [0.1, 0.15) is 0 Å². The molecule has 4 aliphatic rings. The van der Waals surface area contributed by atoms with Gasteiger partial charge in [-0.1, -0.05) is 30.2 Å². The number of hydrogen-bond acceptors (Lipinski definition) is 3. The van der Waals surface area contributed by atoms with Crippen LogP contribution in [0.1, 0.15) is 43.7 Å². The number of alkyl halides is 2. The molecule has 128 valence electrons. The molecule has 3 aliphatic carbocycles. The van der Waals surface area contributed by atoms with Gasteiger partial charge < -0.3 is 10.6 Å². The van der Waals surface area contributed by atoms with Crippen molar-refractivity contribution < 1.29 is 8.78 Å². The number of guanidine groups is 1. The van der Waals surface area contributed by atoms with Crippen molar-refractivity contribution in [2.45, 2.75) is 50.1 Å². The summed E-state index contributed by atoms with van der Waals surface area (Å²) < 4.78 is 28.5. The molecule has 0 bridgehead atoms. The second-order valence-electron chi connectivity index (χ2n) is 7.78. The van der Waals surface area contributed by atoms with Crippen LogP contribution in [0.3, 0.4) is 0 Å². The number of nitrogens with one attached hydrogen (secondary N) is 2. The lowest BCUT2D eigenvalue weighted by atomic mass is 9.65. The minimum atomic E-state index is -2.44. The molecule has 1 aromatic carbocycles. The van der Waals surface area contributed by atoms with Crippen molar-refractivity contribution in [3.63, 3.8) is 0 Å². The summed E-state index contributed by atoms with van der Waals surface area (Å²) in [7, 11) is 0. The van der Waals surface area contributed by atoms with Crippen LogP contribution in [-0.2, 0) is 0 Å². The Morgan fingerprint density at radius 2 is 1.83 bits per heavy atom. The molecule has 2 N–H and O–H groups in total. The van der Waals surface area contributed by atoms with Crippen molar-refractivity contribution in [1.82, 2.24) is 10.6 Å². The van der Waals surface area contributed by atoms with Crippen molar-refractivity contribution in [2.24, 2.45) is 15.8 Å². The minimum absolute atomic E-state index is 0.117. The number of hydrogen-bond donors (Lipinski definition) is 2. The Morgan fingerprint density at radius 1 is 1.12 bits per heavy atom. The van der Waals surface area contributed by atoms with Crippen molar-refractivity contribution in [2.75, 3.05) is 6.54 Å². The van der Waals surface area contributed by atoms with Gasteiger partial charge in [0.25, 0.3) is 5.92 Å². The smallest absolute Gasteiger partial charge is 0.260 e. The number of nitrogens with zero attached hydrogens (tertiary/aromatic N) is 1. The first-order valence-electron chi connectivity index (χ1n) is 8.68. The minimum Gasteiger partial charge on any atom is -0.354 e. The number of halogens is 3. The molecule has 24 heavy (non-hydrogen) atoms. The monoisotopic (exact) mass is 351 g/mol. The lowest BCUT2D eigenvalue weighted by molar-refractivity contribution is 0.00762. The Hall–Kier alpha value is -1.36. The van der Waals surface area contributed by atoms with Crippen LogP contribution in [-0.4, -0.2) is 24.5 Å². The fourth-order valence-corrected chi connectivity index (χ4v) is 5.32. The van der Waals surface area contributed by atoms with E-state index in [4.69, 9.17) is 11.6 Å². The highest BCUT2D eigenvalue weighted by atomic mass is 35.5. The zero-order valence-corrected chi connectivity index (χ0v) is 14.0. The summed E-state index contributed by atoms with van der Waals surface area (Å²) >= 11 is 5.92. The van der Waals surface area contributed by atoms with Gasteiger partial charge in [0.05, 0.1) is 12.6 Å². The third kappa shape index (κ3) is 1.69. The molecule has 1 aliphatic heterocycles. The summed E-state index contributed by atoms with van der Waals surface area (Å²) in [6.07, 6.45) is 3.54. The standard InChI is InChI=1S/C18H20ClF2N3/c19-12-4-2-11(3-5-12)14-10-22-15(24-14)23-13-8-17(9-13)16(6-1-7-16)18(17,20)21/h2-5,13-14H,1,6-10H2,(H2,22,23,24). The van der Waals surface area contributed by atoms with E-state index < -0.39 is 16.8 Å². The normalized spacial score (nSPS) is 37.4. The summed E-state index contributed by atoms with van der Waals surface area (Å²) in [5.41, 5.74) is -0.216. The molecule has 5 rings (SSSR count). The molecule has 0 radical (unpaired) electrons. The summed E-state index contributed by atoms with van der Waals surface area (Å²) in [5.74, 6) is -1.70. The summed E-state index contributed by atoms with van der Waals surface area (Å²) in [6.45, 7) is 0.655. The topological polar surface area (TPSA) is 36.4 Å². The first kappa shape index (κ1) is 14.9. The molecule has 0 amide bonds. The van der Waals surface area contributed by atoms with E-state index in [1.807, 2.05) is 24.3 Å². The second-order valence-corrected chi connectivity index (χ2v) is 8.22. The SMILES string of the molecule is FC1(F)C2(CCC2)C12CC(NC1=NCC(c3ccc(Cl)cc3)N1)C2. The van der Waals surface area contributed by atoms with Crippen LogP contribution in [0, 0.1) is 10.8 Å². The van der Waals surface area contributed by atoms with Gasteiger partial charge >= 0.3 is 0 Å².